The average molecular weight is 234 g/mol. The summed E-state index contributed by atoms with van der Waals surface area (Å²) in [5.41, 5.74) is 5.47. The molecule has 1 fully saturated rings. The average Bonchev–Trinajstić information content (AvgIpc) is 1.97. The van der Waals surface area contributed by atoms with Crippen molar-refractivity contribution < 1.29 is 8.42 Å². The number of rotatable bonds is 6. The molecule has 0 heterocycles. The fourth-order valence-electron chi connectivity index (χ4n) is 1.87. The second-order valence-corrected chi connectivity index (χ2v) is 6.62. The molecule has 0 radical (unpaired) electrons. The van der Waals surface area contributed by atoms with Gasteiger partial charge in [-0.2, -0.15) is 4.31 Å². The lowest BCUT2D eigenvalue weighted by molar-refractivity contribution is 0.222. The predicted molar refractivity (Wildman–Crippen MR) is 62.0 cm³/mol. The minimum Gasteiger partial charge on any atom is -0.329 e. The molecule has 0 unspecified atom stereocenters. The zero-order valence-corrected chi connectivity index (χ0v) is 10.5. The Bertz CT molecular complexity index is 284. The molecule has 1 saturated carbocycles. The van der Waals surface area contributed by atoms with Gasteiger partial charge in [-0.25, -0.2) is 8.42 Å². The monoisotopic (exact) mass is 234 g/mol. The van der Waals surface area contributed by atoms with Crippen LogP contribution in [-0.2, 0) is 10.0 Å². The standard InChI is InChI=1S/C10H22N2O2S/c1-9(2)8-15(13,14)12(7-6-11)10-4-3-5-10/h9-10H,3-8,11H2,1-2H3. The molecule has 90 valence electrons. The van der Waals surface area contributed by atoms with Crippen LogP contribution in [0.15, 0.2) is 0 Å². The summed E-state index contributed by atoms with van der Waals surface area (Å²) in [6, 6.07) is 0.220. The van der Waals surface area contributed by atoms with Gasteiger partial charge in [0, 0.05) is 19.1 Å². The summed E-state index contributed by atoms with van der Waals surface area (Å²) >= 11 is 0. The molecule has 15 heavy (non-hydrogen) atoms. The fraction of sp³-hybridized carbons (Fsp3) is 1.00. The third-order valence-corrected chi connectivity index (χ3v) is 5.02. The Hall–Kier alpha value is -0.130. The van der Waals surface area contributed by atoms with Crippen molar-refractivity contribution in [2.45, 2.75) is 39.2 Å². The van der Waals surface area contributed by atoms with Crippen LogP contribution in [0.1, 0.15) is 33.1 Å². The van der Waals surface area contributed by atoms with E-state index in [1.165, 1.54) is 0 Å². The highest BCUT2D eigenvalue weighted by molar-refractivity contribution is 7.89. The molecule has 0 aromatic carbocycles. The van der Waals surface area contributed by atoms with Gasteiger partial charge in [-0.05, 0) is 18.8 Å². The van der Waals surface area contributed by atoms with E-state index in [0.29, 0.717) is 13.1 Å². The molecule has 0 aromatic rings. The summed E-state index contributed by atoms with van der Waals surface area (Å²) in [7, 11) is -3.09. The molecule has 0 bridgehead atoms. The maximum absolute atomic E-state index is 12.0. The first-order chi connectivity index (χ1) is 6.97. The molecule has 0 spiro atoms. The van der Waals surface area contributed by atoms with Gasteiger partial charge in [0.25, 0.3) is 0 Å². The Balaban J connectivity index is 2.68. The van der Waals surface area contributed by atoms with Crippen LogP contribution in [0.2, 0.25) is 0 Å². The SMILES string of the molecule is CC(C)CS(=O)(=O)N(CCN)C1CCC1. The van der Waals surface area contributed by atoms with E-state index in [1.54, 1.807) is 4.31 Å². The first-order valence-corrected chi connectivity index (χ1v) is 7.28. The maximum Gasteiger partial charge on any atom is 0.214 e. The minimum atomic E-state index is -3.09. The third-order valence-electron chi connectivity index (χ3n) is 2.73. The van der Waals surface area contributed by atoms with Crippen LogP contribution in [0.3, 0.4) is 0 Å². The lowest BCUT2D eigenvalue weighted by Crippen LogP contribution is -2.47. The normalized spacial score (nSPS) is 18.5. The fourth-order valence-corrected chi connectivity index (χ4v) is 3.95. The van der Waals surface area contributed by atoms with Crippen LogP contribution in [-0.4, -0.2) is 37.6 Å². The maximum atomic E-state index is 12.0. The van der Waals surface area contributed by atoms with Crippen molar-refractivity contribution >= 4 is 10.0 Å². The molecule has 0 aliphatic heterocycles. The Labute approximate surface area is 92.9 Å². The summed E-state index contributed by atoms with van der Waals surface area (Å²) in [6.45, 7) is 4.74. The highest BCUT2D eigenvalue weighted by Crippen LogP contribution is 2.27. The Morgan fingerprint density at radius 2 is 2.00 bits per heavy atom. The summed E-state index contributed by atoms with van der Waals surface area (Å²) in [5, 5.41) is 0. The van der Waals surface area contributed by atoms with Crippen molar-refractivity contribution in [2.75, 3.05) is 18.8 Å². The first-order valence-electron chi connectivity index (χ1n) is 5.67. The van der Waals surface area contributed by atoms with Gasteiger partial charge in [-0.15, -0.1) is 0 Å². The minimum absolute atomic E-state index is 0.176. The van der Waals surface area contributed by atoms with Crippen molar-refractivity contribution in [1.82, 2.24) is 4.31 Å². The molecule has 0 aromatic heterocycles. The van der Waals surface area contributed by atoms with Crippen LogP contribution < -0.4 is 5.73 Å². The van der Waals surface area contributed by atoms with Gasteiger partial charge >= 0.3 is 0 Å². The van der Waals surface area contributed by atoms with Gasteiger partial charge < -0.3 is 5.73 Å². The Morgan fingerprint density at radius 1 is 1.40 bits per heavy atom. The van der Waals surface area contributed by atoms with E-state index in [4.69, 9.17) is 5.73 Å². The number of hydrogen-bond donors (Lipinski definition) is 1. The van der Waals surface area contributed by atoms with Crippen LogP contribution in [0, 0.1) is 5.92 Å². The lowest BCUT2D eigenvalue weighted by Gasteiger charge is -2.36. The van der Waals surface area contributed by atoms with Crippen molar-refractivity contribution in [3.8, 4) is 0 Å². The molecule has 4 nitrogen and oxygen atoms in total. The number of nitrogens with zero attached hydrogens (tertiary/aromatic N) is 1. The van der Waals surface area contributed by atoms with Gasteiger partial charge in [-0.3, -0.25) is 0 Å². The highest BCUT2D eigenvalue weighted by atomic mass is 32.2. The number of sulfonamides is 1. The second-order valence-electron chi connectivity index (χ2n) is 4.66. The van der Waals surface area contributed by atoms with E-state index in [1.807, 2.05) is 13.8 Å². The van der Waals surface area contributed by atoms with E-state index in [-0.39, 0.29) is 17.7 Å². The molecule has 0 atom stereocenters. The van der Waals surface area contributed by atoms with Gasteiger partial charge in [0.05, 0.1) is 5.75 Å². The molecule has 0 amide bonds. The van der Waals surface area contributed by atoms with Crippen molar-refractivity contribution in [2.24, 2.45) is 11.7 Å². The summed E-state index contributed by atoms with van der Waals surface area (Å²) in [4.78, 5) is 0. The van der Waals surface area contributed by atoms with Crippen molar-refractivity contribution in [3.63, 3.8) is 0 Å². The second kappa shape index (κ2) is 5.27. The molecule has 1 aliphatic carbocycles. The number of hydrogen-bond acceptors (Lipinski definition) is 3. The van der Waals surface area contributed by atoms with Crippen LogP contribution in [0.5, 0.6) is 0 Å². The Kier molecular flexibility index (Phi) is 4.55. The smallest absolute Gasteiger partial charge is 0.214 e. The molecular weight excluding hydrogens is 212 g/mol. The summed E-state index contributed by atoms with van der Waals surface area (Å²) in [5.74, 6) is 0.416. The molecule has 2 N–H and O–H groups in total. The Morgan fingerprint density at radius 3 is 2.33 bits per heavy atom. The van der Waals surface area contributed by atoms with Gasteiger partial charge in [0.1, 0.15) is 0 Å². The third kappa shape index (κ3) is 3.43. The van der Waals surface area contributed by atoms with Crippen LogP contribution >= 0.6 is 0 Å². The highest BCUT2D eigenvalue weighted by Gasteiger charge is 2.33. The zero-order valence-electron chi connectivity index (χ0n) is 9.65. The number of nitrogens with two attached hydrogens (primary N) is 1. The topological polar surface area (TPSA) is 63.4 Å². The quantitative estimate of drug-likeness (QED) is 0.739. The molecule has 1 aliphatic rings. The van der Waals surface area contributed by atoms with E-state index >= 15 is 0 Å². The van der Waals surface area contributed by atoms with Crippen molar-refractivity contribution in [1.29, 1.82) is 0 Å². The molecule has 5 heteroatoms. The van der Waals surface area contributed by atoms with E-state index in [9.17, 15) is 8.42 Å². The van der Waals surface area contributed by atoms with E-state index in [0.717, 1.165) is 19.3 Å². The van der Waals surface area contributed by atoms with E-state index in [2.05, 4.69) is 0 Å². The van der Waals surface area contributed by atoms with Crippen LogP contribution in [0.25, 0.3) is 0 Å². The zero-order chi connectivity index (χ0) is 11.5. The molecule has 1 rings (SSSR count). The van der Waals surface area contributed by atoms with Gasteiger partial charge in [0.15, 0.2) is 0 Å². The van der Waals surface area contributed by atoms with Crippen LogP contribution in [0.4, 0.5) is 0 Å². The first kappa shape index (κ1) is 12.9. The van der Waals surface area contributed by atoms with Gasteiger partial charge in [-0.1, -0.05) is 20.3 Å². The molecule has 0 saturated heterocycles. The largest absolute Gasteiger partial charge is 0.329 e. The van der Waals surface area contributed by atoms with Gasteiger partial charge in [0.2, 0.25) is 10.0 Å². The predicted octanol–water partition coefficient (Wildman–Crippen LogP) is 0.785. The molecular formula is C10H22N2O2S. The lowest BCUT2D eigenvalue weighted by atomic mass is 9.93. The summed E-state index contributed by atoms with van der Waals surface area (Å²) in [6.07, 6.45) is 3.14. The van der Waals surface area contributed by atoms with E-state index < -0.39 is 10.0 Å². The van der Waals surface area contributed by atoms with Crippen molar-refractivity contribution in [3.05, 3.63) is 0 Å². The summed E-state index contributed by atoms with van der Waals surface area (Å²) < 4.78 is 25.7.